The van der Waals surface area contributed by atoms with Gasteiger partial charge in [-0.15, -0.1) is 0 Å². The molecule has 3 aromatic rings. The third-order valence-corrected chi connectivity index (χ3v) is 4.73. The first kappa shape index (κ1) is 18.0. The van der Waals surface area contributed by atoms with E-state index in [1.54, 1.807) is 6.20 Å². The van der Waals surface area contributed by atoms with Gasteiger partial charge in [0, 0.05) is 24.2 Å². The number of nitrogens with zero attached hydrogens (tertiary/aromatic N) is 3. The molecule has 2 aromatic heterocycles. The number of rotatable bonds is 5. The summed E-state index contributed by atoms with van der Waals surface area (Å²) in [6.45, 7) is 0.593. The van der Waals surface area contributed by atoms with E-state index >= 15 is 0 Å². The van der Waals surface area contributed by atoms with Gasteiger partial charge in [-0.25, -0.2) is 4.79 Å². The van der Waals surface area contributed by atoms with Crippen LogP contribution in [0.25, 0.3) is 10.9 Å². The van der Waals surface area contributed by atoms with Crippen LogP contribution in [0.2, 0.25) is 0 Å². The molecule has 0 saturated carbocycles. The number of ether oxygens (including phenoxy) is 2. The Morgan fingerprint density at radius 3 is 3.00 bits per heavy atom. The maximum Gasteiger partial charge on any atom is 0.328 e. The summed E-state index contributed by atoms with van der Waals surface area (Å²) in [6.07, 6.45) is 3.03. The smallest absolute Gasteiger partial charge is 0.328 e. The van der Waals surface area contributed by atoms with Crippen LogP contribution >= 0.6 is 0 Å². The van der Waals surface area contributed by atoms with Crippen molar-refractivity contribution in [3.8, 4) is 5.75 Å². The third kappa shape index (κ3) is 3.40. The highest BCUT2D eigenvalue weighted by Gasteiger charge is 2.36. The Labute approximate surface area is 161 Å². The van der Waals surface area contributed by atoms with Crippen molar-refractivity contribution in [2.24, 2.45) is 0 Å². The highest BCUT2D eigenvalue weighted by atomic mass is 16.5. The van der Waals surface area contributed by atoms with E-state index in [1.165, 1.54) is 18.1 Å². The van der Waals surface area contributed by atoms with Gasteiger partial charge < -0.3 is 18.9 Å². The number of hydrogen-bond donors (Lipinski definition) is 0. The van der Waals surface area contributed by atoms with Gasteiger partial charge in [0.2, 0.25) is 0 Å². The molecule has 8 nitrogen and oxygen atoms in total. The van der Waals surface area contributed by atoms with Gasteiger partial charge in [0.25, 0.3) is 5.91 Å². The lowest BCUT2D eigenvalue weighted by molar-refractivity contribution is -0.145. The lowest BCUT2D eigenvalue weighted by atomic mass is 10.2. The molecule has 1 aliphatic rings. The lowest BCUT2D eigenvalue weighted by Gasteiger charge is -2.21. The van der Waals surface area contributed by atoms with Crippen LogP contribution in [0.5, 0.6) is 5.75 Å². The van der Waals surface area contributed by atoms with Crippen molar-refractivity contribution in [2.75, 3.05) is 13.7 Å². The fourth-order valence-electron chi connectivity index (χ4n) is 3.36. The van der Waals surface area contributed by atoms with E-state index in [4.69, 9.17) is 14.0 Å². The molecule has 1 aromatic carbocycles. The zero-order chi connectivity index (χ0) is 19.5. The monoisotopic (exact) mass is 381 g/mol. The van der Waals surface area contributed by atoms with Crippen LogP contribution < -0.4 is 4.74 Å². The van der Waals surface area contributed by atoms with E-state index in [0.717, 1.165) is 17.3 Å². The van der Waals surface area contributed by atoms with Crippen molar-refractivity contribution in [3.63, 3.8) is 0 Å². The van der Waals surface area contributed by atoms with E-state index in [1.807, 2.05) is 30.3 Å². The second kappa shape index (κ2) is 7.67. The standard InChI is InChI=1S/C20H19N3O5/c1-26-20(25)16-7-4-10-23(16)19(24)15-11-14(28-22-15)12-27-17-8-2-5-13-6-3-9-21-18(13)17/h2-3,5-6,8-9,11,16H,4,7,10,12H2,1H3/t16-/m0/s1. The fraction of sp³-hybridized carbons (Fsp3) is 0.300. The van der Waals surface area contributed by atoms with Gasteiger partial charge in [-0.3, -0.25) is 9.78 Å². The number of amides is 1. The number of hydrogen-bond acceptors (Lipinski definition) is 7. The molecule has 28 heavy (non-hydrogen) atoms. The number of para-hydroxylation sites is 1. The molecule has 0 aliphatic carbocycles. The number of benzene rings is 1. The Morgan fingerprint density at radius 1 is 1.29 bits per heavy atom. The number of carbonyl (C=O) groups is 2. The van der Waals surface area contributed by atoms with Crippen LogP contribution in [-0.2, 0) is 16.1 Å². The van der Waals surface area contributed by atoms with Crippen LogP contribution in [0, 0.1) is 0 Å². The molecule has 144 valence electrons. The molecular formula is C20H19N3O5. The Hall–Kier alpha value is -3.42. The zero-order valence-electron chi connectivity index (χ0n) is 15.3. The maximum atomic E-state index is 12.7. The zero-order valence-corrected chi connectivity index (χ0v) is 15.3. The second-order valence-electron chi connectivity index (χ2n) is 6.48. The third-order valence-electron chi connectivity index (χ3n) is 4.73. The molecule has 0 unspecified atom stereocenters. The molecule has 4 rings (SSSR count). The fourth-order valence-corrected chi connectivity index (χ4v) is 3.36. The molecule has 8 heteroatoms. The summed E-state index contributed by atoms with van der Waals surface area (Å²) in [5.74, 6) is 0.258. The molecular weight excluding hydrogens is 362 g/mol. The normalized spacial score (nSPS) is 16.3. The predicted octanol–water partition coefficient (Wildman–Crippen LogP) is 2.58. The van der Waals surface area contributed by atoms with Crippen molar-refractivity contribution >= 4 is 22.8 Å². The maximum absolute atomic E-state index is 12.7. The molecule has 1 saturated heterocycles. The summed E-state index contributed by atoms with van der Waals surface area (Å²) in [5, 5.41) is 4.81. The van der Waals surface area contributed by atoms with Gasteiger partial charge >= 0.3 is 5.97 Å². The van der Waals surface area contributed by atoms with E-state index in [0.29, 0.717) is 24.5 Å². The number of methoxy groups -OCH3 is 1. The van der Waals surface area contributed by atoms with Gasteiger partial charge in [0.05, 0.1) is 7.11 Å². The first-order valence-corrected chi connectivity index (χ1v) is 8.98. The molecule has 1 amide bonds. The van der Waals surface area contributed by atoms with Crippen molar-refractivity contribution in [3.05, 3.63) is 54.0 Å². The van der Waals surface area contributed by atoms with E-state index in [2.05, 4.69) is 10.1 Å². The highest BCUT2D eigenvalue weighted by molar-refractivity contribution is 5.95. The van der Waals surface area contributed by atoms with Gasteiger partial charge in [0.15, 0.2) is 11.5 Å². The van der Waals surface area contributed by atoms with Gasteiger partial charge in [-0.1, -0.05) is 23.4 Å². The minimum absolute atomic E-state index is 0.108. The van der Waals surface area contributed by atoms with Gasteiger partial charge in [-0.2, -0.15) is 0 Å². The average molecular weight is 381 g/mol. The molecule has 1 fully saturated rings. The number of aromatic nitrogens is 2. The Bertz CT molecular complexity index is 1010. The number of carbonyl (C=O) groups excluding carboxylic acids is 2. The van der Waals surface area contributed by atoms with Crippen molar-refractivity contribution in [1.82, 2.24) is 15.0 Å². The Kier molecular flexibility index (Phi) is 4.92. The van der Waals surface area contributed by atoms with Crippen LogP contribution in [0.3, 0.4) is 0 Å². The minimum Gasteiger partial charge on any atom is -0.483 e. The van der Waals surface area contributed by atoms with E-state index < -0.39 is 12.0 Å². The molecule has 0 spiro atoms. The molecule has 3 heterocycles. The summed E-state index contributed by atoms with van der Waals surface area (Å²) >= 11 is 0. The van der Waals surface area contributed by atoms with Gasteiger partial charge in [0.1, 0.15) is 23.9 Å². The van der Waals surface area contributed by atoms with Crippen LogP contribution in [0.1, 0.15) is 29.1 Å². The number of fused-ring (bicyclic) bond motifs is 1. The molecule has 0 N–H and O–H groups in total. The Balaban J connectivity index is 1.46. The van der Waals surface area contributed by atoms with E-state index in [9.17, 15) is 9.59 Å². The van der Waals surface area contributed by atoms with Crippen LogP contribution in [0.15, 0.2) is 47.1 Å². The molecule has 1 aliphatic heterocycles. The summed E-state index contributed by atoms with van der Waals surface area (Å²) < 4.78 is 15.8. The largest absolute Gasteiger partial charge is 0.483 e. The SMILES string of the molecule is COC(=O)[C@@H]1CCCN1C(=O)c1cc(COc2cccc3cccnc23)on1. The molecule has 0 bridgehead atoms. The summed E-state index contributed by atoms with van der Waals surface area (Å²) in [5.41, 5.74) is 0.893. The van der Waals surface area contributed by atoms with Crippen LogP contribution in [0.4, 0.5) is 0 Å². The quantitative estimate of drug-likeness (QED) is 0.627. The Morgan fingerprint density at radius 2 is 2.14 bits per heavy atom. The number of likely N-dealkylation sites (tertiary alicyclic amines) is 1. The minimum atomic E-state index is -0.573. The lowest BCUT2D eigenvalue weighted by Crippen LogP contribution is -2.41. The summed E-state index contributed by atoms with van der Waals surface area (Å²) in [7, 11) is 1.32. The highest BCUT2D eigenvalue weighted by Crippen LogP contribution is 2.25. The van der Waals surface area contributed by atoms with Gasteiger partial charge in [-0.05, 0) is 25.0 Å². The van der Waals surface area contributed by atoms with Crippen molar-refractivity contribution in [2.45, 2.75) is 25.5 Å². The first-order valence-electron chi connectivity index (χ1n) is 8.98. The number of esters is 1. The van der Waals surface area contributed by atoms with Crippen molar-refractivity contribution < 1.29 is 23.6 Å². The number of pyridine rings is 1. The van der Waals surface area contributed by atoms with Crippen molar-refractivity contribution in [1.29, 1.82) is 0 Å². The summed E-state index contributed by atoms with van der Waals surface area (Å²) in [4.78, 5) is 30.3. The second-order valence-corrected chi connectivity index (χ2v) is 6.48. The summed E-state index contributed by atoms with van der Waals surface area (Å²) in [6, 6.07) is 10.4. The average Bonchev–Trinajstić information content (AvgIpc) is 3.41. The first-order chi connectivity index (χ1) is 13.7. The molecule has 0 radical (unpaired) electrons. The topological polar surface area (TPSA) is 94.8 Å². The van der Waals surface area contributed by atoms with E-state index in [-0.39, 0.29) is 18.2 Å². The predicted molar refractivity (Wildman–Crippen MR) is 98.7 cm³/mol. The molecule has 1 atom stereocenters. The van der Waals surface area contributed by atoms with Crippen LogP contribution in [-0.4, -0.2) is 46.6 Å².